The predicted octanol–water partition coefficient (Wildman–Crippen LogP) is 3.28. The summed E-state index contributed by atoms with van der Waals surface area (Å²) in [5, 5.41) is 0. The first-order chi connectivity index (χ1) is 9.82. The van der Waals surface area contributed by atoms with E-state index in [1.54, 1.807) is 41.5 Å². The van der Waals surface area contributed by atoms with E-state index >= 15 is 0 Å². The highest BCUT2D eigenvalue weighted by atomic mass is 16.6. The SMILES string of the molecule is CC(C)(C)OC(=O)N(C(=O)OC(C)(C)C)C12CC(C=O)(C1)C2. The van der Waals surface area contributed by atoms with Crippen LogP contribution in [0.4, 0.5) is 9.59 Å². The van der Waals surface area contributed by atoms with Gasteiger partial charge in [0.2, 0.25) is 0 Å². The molecule has 6 nitrogen and oxygen atoms in total. The van der Waals surface area contributed by atoms with E-state index in [2.05, 4.69) is 0 Å². The van der Waals surface area contributed by atoms with Gasteiger partial charge < -0.3 is 14.3 Å². The number of hydrogen-bond donors (Lipinski definition) is 0. The number of rotatable bonds is 2. The zero-order valence-electron chi connectivity index (χ0n) is 14.2. The van der Waals surface area contributed by atoms with Gasteiger partial charge in [0, 0.05) is 5.41 Å². The van der Waals surface area contributed by atoms with E-state index < -0.39 is 28.9 Å². The van der Waals surface area contributed by atoms with Crippen molar-refractivity contribution in [1.82, 2.24) is 4.90 Å². The lowest BCUT2D eigenvalue weighted by molar-refractivity contribution is -0.195. The third-order valence-corrected chi connectivity index (χ3v) is 3.92. The fourth-order valence-corrected chi connectivity index (χ4v) is 3.25. The third kappa shape index (κ3) is 2.96. The summed E-state index contributed by atoms with van der Waals surface area (Å²) in [5.41, 5.74) is -2.39. The van der Waals surface area contributed by atoms with Crippen molar-refractivity contribution in [2.75, 3.05) is 0 Å². The molecule has 124 valence electrons. The molecule has 0 N–H and O–H groups in total. The molecule has 2 amide bonds. The minimum absolute atomic E-state index is 0.359. The van der Waals surface area contributed by atoms with Gasteiger partial charge in [0.25, 0.3) is 0 Å². The summed E-state index contributed by atoms with van der Waals surface area (Å²) in [6.45, 7) is 10.5. The van der Waals surface area contributed by atoms with Crippen molar-refractivity contribution < 1.29 is 23.9 Å². The first-order valence-corrected chi connectivity index (χ1v) is 7.54. The number of ether oxygens (including phenoxy) is 2. The van der Waals surface area contributed by atoms with E-state index in [-0.39, 0.29) is 5.41 Å². The molecule has 0 aromatic heterocycles. The third-order valence-electron chi connectivity index (χ3n) is 3.92. The summed E-state index contributed by atoms with van der Waals surface area (Å²) < 4.78 is 10.7. The summed E-state index contributed by atoms with van der Waals surface area (Å²) in [6.07, 6.45) is 1.02. The summed E-state index contributed by atoms with van der Waals surface area (Å²) >= 11 is 0. The number of carbonyl (C=O) groups is 3. The molecule has 3 rings (SSSR count). The van der Waals surface area contributed by atoms with Crippen LogP contribution in [0, 0.1) is 5.41 Å². The highest BCUT2D eigenvalue weighted by Crippen LogP contribution is 2.69. The van der Waals surface area contributed by atoms with Gasteiger partial charge >= 0.3 is 12.2 Å². The predicted molar refractivity (Wildman–Crippen MR) is 79.4 cm³/mol. The van der Waals surface area contributed by atoms with Crippen LogP contribution in [-0.4, -0.2) is 40.1 Å². The lowest BCUT2D eigenvalue weighted by Gasteiger charge is -2.69. The topological polar surface area (TPSA) is 72.9 Å². The van der Waals surface area contributed by atoms with E-state index in [1.165, 1.54) is 0 Å². The molecule has 0 radical (unpaired) electrons. The van der Waals surface area contributed by atoms with Crippen molar-refractivity contribution in [3.63, 3.8) is 0 Å². The Morgan fingerprint density at radius 3 is 1.55 bits per heavy atom. The lowest BCUT2D eigenvalue weighted by Crippen LogP contribution is -2.77. The van der Waals surface area contributed by atoms with Crippen LogP contribution in [0.3, 0.4) is 0 Å². The van der Waals surface area contributed by atoms with Gasteiger partial charge in [0.15, 0.2) is 0 Å². The van der Waals surface area contributed by atoms with Gasteiger partial charge in [-0.1, -0.05) is 0 Å². The maximum Gasteiger partial charge on any atom is 0.420 e. The standard InChI is InChI=1S/C16H25NO5/c1-13(2,3)21-11(19)17(12(20)22-14(4,5)6)16-7-15(8-16,9-16)10-18/h10H,7-9H2,1-6H3. The second-order valence-electron chi connectivity index (χ2n) is 8.53. The van der Waals surface area contributed by atoms with Crippen molar-refractivity contribution in [1.29, 1.82) is 0 Å². The van der Waals surface area contributed by atoms with Gasteiger partial charge in [0.1, 0.15) is 17.5 Å². The average molecular weight is 311 g/mol. The molecule has 0 aromatic carbocycles. The molecule has 0 spiro atoms. The molecule has 3 aliphatic rings. The van der Waals surface area contributed by atoms with Crippen LogP contribution in [0.1, 0.15) is 60.8 Å². The van der Waals surface area contributed by atoms with E-state index in [0.717, 1.165) is 11.2 Å². The van der Waals surface area contributed by atoms with Crippen LogP contribution in [0.5, 0.6) is 0 Å². The Balaban J connectivity index is 2.18. The van der Waals surface area contributed by atoms with Crippen LogP contribution in [0.2, 0.25) is 0 Å². The zero-order chi connectivity index (χ0) is 17.0. The normalized spacial score (nSPS) is 29.7. The molecule has 0 saturated heterocycles. The summed E-state index contributed by atoms with van der Waals surface area (Å²) in [7, 11) is 0. The first kappa shape index (κ1) is 16.8. The molecule has 3 fully saturated rings. The quantitative estimate of drug-likeness (QED) is 0.732. The molecule has 3 aliphatic carbocycles. The van der Waals surface area contributed by atoms with Gasteiger partial charge in [-0.15, -0.1) is 0 Å². The molecule has 0 aromatic rings. The van der Waals surface area contributed by atoms with E-state index in [9.17, 15) is 14.4 Å². The molecule has 0 aliphatic heterocycles. The molecule has 22 heavy (non-hydrogen) atoms. The van der Waals surface area contributed by atoms with Crippen LogP contribution in [-0.2, 0) is 14.3 Å². The Morgan fingerprint density at radius 1 is 0.909 bits per heavy atom. The molecule has 3 saturated carbocycles. The van der Waals surface area contributed by atoms with Crippen LogP contribution >= 0.6 is 0 Å². The van der Waals surface area contributed by atoms with Gasteiger partial charge in [-0.05, 0) is 60.8 Å². The second-order valence-corrected chi connectivity index (χ2v) is 8.53. The summed E-state index contributed by atoms with van der Waals surface area (Å²) in [4.78, 5) is 37.1. The fraction of sp³-hybridized carbons (Fsp3) is 0.812. The van der Waals surface area contributed by atoms with Gasteiger partial charge in [0.05, 0.1) is 5.54 Å². The molecule has 0 unspecified atom stereocenters. The largest absolute Gasteiger partial charge is 0.443 e. The minimum atomic E-state index is -0.707. The van der Waals surface area contributed by atoms with Crippen molar-refractivity contribution in [3.05, 3.63) is 0 Å². The van der Waals surface area contributed by atoms with E-state index in [4.69, 9.17) is 9.47 Å². The number of amides is 2. The lowest BCUT2D eigenvalue weighted by atomic mass is 9.39. The van der Waals surface area contributed by atoms with Crippen molar-refractivity contribution in [3.8, 4) is 0 Å². The maximum absolute atomic E-state index is 12.5. The molecule has 0 heterocycles. The van der Waals surface area contributed by atoms with Crippen LogP contribution in [0.15, 0.2) is 0 Å². The molecule has 6 heteroatoms. The van der Waals surface area contributed by atoms with Gasteiger partial charge in [-0.25, -0.2) is 14.5 Å². The van der Waals surface area contributed by atoms with Crippen molar-refractivity contribution >= 4 is 18.5 Å². The molecular formula is C16H25NO5. The average Bonchev–Trinajstić information content (AvgIpc) is 2.14. The smallest absolute Gasteiger partial charge is 0.420 e. The molecule has 2 bridgehead atoms. The number of aldehydes is 1. The highest BCUT2D eigenvalue weighted by molar-refractivity contribution is 5.91. The highest BCUT2D eigenvalue weighted by Gasteiger charge is 2.73. The number of nitrogens with zero attached hydrogens (tertiary/aromatic N) is 1. The van der Waals surface area contributed by atoms with Crippen molar-refractivity contribution in [2.45, 2.75) is 77.5 Å². The first-order valence-electron chi connectivity index (χ1n) is 7.54. The Morgan fingerprint density at radius 2 is 1.27 bits per heavy atom. The van der Waals surface area contributed by atoms with E-state index in [1.807, 2.05) is 0 Å². The monoisotopic (exact) mass is 311 g/mol. The Kier molecular flexibility index (Phi) is 3.58. The number of carbonyl (C=O) groups excluding carboxylic acids is 3. The Hall–Kier alpha value is -1.59. The van der Waals surface area contributed by atoms with E-state index in [0.29, 0.717) is 19.3 Å². The summed E-state index contributed by atoms with van der Waals surface area (Å²) in [6, 6.07) is 0. The Labute approximate surface area is 131 Å². The fourth-order valence-electron chi connectivity index (χ4n) is 3.25. The second kappa shape index (κ2) is 4.70. The molecular weight excluding hydrogens is 286 g/mol. The van der Waals surface area contributed by atoms with Gasteiger partial charge in [-0.3, -0.25) is 0 Å². The zero-order valence-corrected chi connectivity index (χ0v) is 14.2. The number of imide groups is 1. The van der Waals surface area contributed by atoms with Crippen molar-refractivity contribution in [2.24, 2.45) is 5.41 Å². The van der Waals surface area contributed by atoms with Gasteiger partial charge in [-0.2, -0.15) is 0 Å². The van der Waals surface area contributed by atoms with Crippen LogP contribution in [0.25, 0.3) is 0 Å². The maximum atomic E-state index is 12.5. The summed E-state index contributed by atoms with van der Waals surface area (Å²) in [5.74, 6) is 0. The Bertz CT molecular complexity index is 464. The minimum Gasteiger partial charge on any atom is -0.443 e. The van der Waals surface area contributed by atoms with Crippen LogP contribution < -0.4 is 0 Å². The molecule has 0 atom stereocenters. The number of hydrogen-bond acceptors (Lipinski definition) is 5.